The third kappa shape index (κ3) is 4.31. The largest absolute Gasteiger partial charge is 0.366 e. The van der Waals surface area contributed by atoms with E-state index in [2.05, 4.69) is 10.7 Å². The molecule has 1 saturated heterocycles. The number of hydrogen-bond acceptors (Lipinski definition) is 4. The standard InChI is InChI=1S/C18H21N3O2/c22-18(17-13-19-11-12-23-17)20-21(16-9-5-2-6-10-16)14-15-7-3-1-4-8-15/h1-10,17,19H,11-14H2,(H,20,22)/t17-/m0/s1. The summed E-state index contributed by atoms with van der Waals surface area (Å²) >= 11 is 0. The summed E-state index contributed by atoms with van der Waals surface area (Å²) in [6.45, 7) is 2.48. The number of hydrazine groups is 1. The average Bonchev–Trinajstić information content (AvgIpc) is 2.63. The molecule has 1 fully saturated rings. The van der Waals surface area contributed by atoms with Crippen molar-refractivity contribution in [1.29, 1.82) is 0 Å². The molecule has 0 aromatic heterocycles. The van der Waals surface area contributed by atoms with Gasteiger partial charge in [0, 0.05) is 13.1 Å². The molecular formula is C18H21N3O2. The van der Waals surface area contributed by atoms with Gasteiger partial charge in [-0.25, -0.2) is 0 Å². The van der Waals surface area contributed by atoms with Gasteiger partial charge in [0.2, 0.25) is 0 Å². The number of hydrogen-bond donors (Lipinski definition) is 2. The zero-order valence-corrected chi connectivity index (χ0v) is 12.9. The minimum atomic E-state index is -0.453. The Kier molecular flexibility index (Phi) is 5.24. The molecule has 0 unspecified atom stereocenters. The number of para-hydroxylation sites is 1. The van der Waals surface area contributed by atoms with Crippen LogP contribution in [-0.2, 0) is 16.1 Å². The molecule has 0 radical (unpaired) electrons. The van der Waals surface area contributed by atoms with E-state index in [-0.39, 0.29) is 5.91 Å². The highest BCUT2D eigenvalue weighted by Crippen LogP contribution is 2.15. The fourth-order valence-corrected chi connectivity index (χ4v) is 2.51. The average molecular weight is 311 g/mol. The first-order valence-electron chi connectivity index (χ1n) is 7.82. The van der Waals surface area contributed by atoms with Crippen LogP contribution in [-0.4, -0.2) is 31.7 Å². The first-order chi connectivity index (χ1) is 11.3. The van der Waals surface area contributed by atoms with Gasteiger partial charge < -0.3 is 10.1 Å². The SMILES string of the molecule is O=C(NN(Cc1ccccc1)c1ccccc1)[C@@H]1CNCCO1. The van der Waals surface area contributed by atoms with Gasteiger partial charge in [0.1, 0.15) is 6.10 Å². The van der Waals surface area contributed by atoms with Crippen LogP contribution in [0.15, 0.2) is 60.7 Å². The Bertz CT molecular complexity index is 613. The highest BCUT2D eigenvalue weighted by Gasteiger charge is 2.23. The molecule has 2 aromatic carbocycles. The number of nitrogens with one attached hydrogen (secondary N) is 2. The maximum Gasteiger partial charge on any atom is 0.268 e. The van der Waals surface area contributed by atoms with E-state index in [1.165, 1.54) is 0 Å². The van der Waals surface area contributed by atoms with Gasteiger partial charge in [-0.1, -0.05) is 48.5 Å². The molecule has 1 heterocycles. The lowest BCUT2D eigenvalue weighted by atomic mass is 10.2. The van der Waals surface area contributed by atoms with Crippen LogP contribution in [0, 0.1) is 0 Å². The summed E-state index contributed by atoms with van der Waals surface area (Å²) in [6.07, 6.45) is -0.453. The summed E-state index contributed by atoms with van der Waals surface area (Å²) in [5.74, 6) is -0.128. The van der Waals surface area contributed by atoms with Gasteiger partial charge >= 0.3 is 0 Å². The molecule has 1 atom stereocenters. The number of amides is 1. The number of rotatable bonds is 5. The lowest BCUT2D eigenvalue weighted by Gasteiger charge is -2.29. The van der Waals surface area contributed by atoms with Gasteiger partial charge in [-0.05, 0) is 17.7 Å². The summed E-state index contributed by atoms with van der Waals surface area (Å²) in [7, 11) is 0. The second kappa shape index (κ2) is 7.76. The third-order valence-electron chi connectivity index (χ3n) is 3.72. The third-order valence-corrected chi connectivity index (χ3v) is 3.72. The number of anilines is 1. The number of ether oxygens (including phenoxy) is 1. The summed E-state index contributed by atoms with van der Waals surface area (Å²) in [6, 6.07) is 19.9. The van der Waals surface area contributed by atoms with Crippen LogP contribution in [0.2, 0.25) is 0 Å². The number of morpholine rings is 1. The molecule has 0 spiro atoms. The van der Waals surface area contributed by atoms with E-state index in [4.69, 9.17) is 4.74 Å². The first-order valence-corrected chi connectivity index (χ1v) is 7.82. The Morgan fingerprint density at radius 1 is 1.13 bits per heavy atom. The van der Waals surface area contributed by atoms with Crippen molar-refractivity contribution in [2.75, 3.05) is 24.7 Å². The molecule has 23 heavy (non-hydrogen) atoms. The molecule has 120 valence electrons. The van der Waals surface area contributed by atoms with Gasteiger partial charge in [-0.15, -0.1) is 0 Å². The van der Waals surface area contributed by atoms with Crippen molar-refractivity contribution in [3.05, 3.63) is 66.2 Å². The lowest BCUT2D eigenvalue weighted by Crippen LogP contribution is -2.52. The Morgan fingerprint density at radius 3 is 2.48 bits per heavy atom. The molecule has 0 saturated carbocycles. The van der Waals surface area contributed by atoms with Crippen molar-refractivity contribution in [1.82, 2.24) is 10.7 Å². The maximum atomic E-state index is 12.5. The van der Waals surface area contributed by atoms with Crippen LogP contribution in [0.1, 0.15) is 5.56 Å². The number of nitrogens with zero attached hydrogens (tertiary/aromatic N) is 1. The van der Waals surface area contributed by atoms with E-state index in [9.17, 15) is 4.79 Å². The fraction of sp³-hybridized carbons (Fsp3) is 0.278. The molecule has 3 rings (SSSR count). The van der Waals surface area contributed by atoms with E-state index < -0.39 is 6.10 Å². The molecule has 1 aliphatic rings. The van der Waals surface area contributed by atoms with Gasteiger partial charge in [0.15, 0.2) is 0 Å². The van der Waals surface area contributed by atoms with Crippen LogP contribution >= 0.6 is 0 Å². The van der Waals surface area contributed by atoms with E-state index in [1.54, 1.807) is 0 Å². The highest BCUT2D eigenvalue weighted by molar-refractivity contribution is 5.82. The molecule has 5 nitrogen and oxygen atoms in total. The van der Waals surface area contributed by atoms with Crippen LogP contribution in [0.3, 0.4) is 0 Å². The van der Waals surface area contributed by atoms with Crippen molar-refractivity contribution in [3.63, 3.8) is 0 Å². The van der Waals surface area contributed by atoms with Crippen LogP contribution in [0.25, 0.3) is 0 Å². The van der Waals surface area contributed by atoms with Crippen molar-refractivity contribution in [2.24, 2.45) is 0 Å². The molecule has 1 aliphatic heterocycles. The van der Waals surface area contributed by atoms with E-state index in [1.807, 2.05) is 65.7 Å². The Balaban J connectivity index is 1.73. The zero-order chi connectivity index (χ0) is 15.9. The molecule has 5 heteroatoms. The van der Waals surface area contributed by atoms with Crippen LogP contribution < -0.4 is 15.8 Å². The quantitative estimate of drug-likeness (QED) is 0.826. The topological polar surface area (TPSA) is 53.6 Å². The van der Waals surface area contributed by atoms with Crippen molar-refractivity contribution < 1.29 is 9.53 Å². The Hall–Kier alpha value is -2.37. The monoisotopic (exact) mass is 311 g/mol. The minimum absolute atomic E-state index is 0.128. The van der Waals surface area contributed by atoms with Gasteiger partial charge in [-0.2, -0.15) is 0 Å². The molecule has 1 amide bonds. The van der Waals surface area contributed by atoms with E-state index in [0.29, 0.717) is 19.7 Å². The predicted octanol–water partition coefficient (Wildman–Crippen LogP) is 1.71. The molecule has 2 aromatic rings. The smallest absolute Gasteiger partial charge is 0.268 e. The molecular weight excluding hydrogens is 290 g/mol. The Labute approximate surface area is 136 Å². The zero-order valence-electron chi connectivity index (χ0n) is 12.9. The molecule has 2 N–H and O–H groups in total. The fourth-order valence-electron chi connectivity index (χ4n) is 2.51. The molecule has 0 bridgehead atoms. The van der Waals surface area contributed by atoms with Gasteiger partial charge in [0.25, 0.3) is 5.91 Å². The van der Waals surface area contributed by atoms with E-state index in [0.717, 1.165) is 17.8 Å². The van der Waals surface area contributed by atoms with Gasteiger partial charge in [-0.3, -0.25) is 15.2 Å². The lowest BCUT2D eigenvalue weighted by molar-refractivity contribution is -0.134. The highest BCUT2D eigenvalue weighted by atomic mass is 16.5. The number of carbonyl (C=O) groups excluding carboxylic acids is 1. The van der Waals surface area contributed by atoms with Crippen molar-refractivity contribution >= 4 is 11.6 Å². The number of carbonyl (C=O) groups is 1. The van der Waals surface area contributed by atoms with Crippen LogP contribution in [0.5, 0.6) is 0 Å². The summed E-state index contributed by atoms with van der Waals surface area (Å²) in [5.41, 5.74) is 5.04. The van der Waals surface area contributed by atoms with Crippen LogP contribution in [0.4, 0.5) is 5.69 Å². The summed E-state index contributed by atoms with van der Waals surface area (Å²) in [5, 5.41) is 5.03. The number of benzene rings is 2. The van der Waals surface area contributed by atoms with Crippen molar-refractivity contribution in [3.8, 4) is 0 Å². The maximum absolute atomic E-state index is 12.5. The molecule has 0 aliphatic carbocycles. The Morgan fingerprint density at radius 2 is 1.83 bits per heavy atom. The minimum Gasteiger partial charge on any atom is -0.366 e. The summed E-state index contributed by atoms with van der Waals surface area (Å²) < 4.78 is 5.53. The normalized spacial score (nSPS) is 17.5. The van der Waals surface area contributed by atoms with E-state index >= 15 is 0 Å². The van der Waals surface area contributed by atoms with Gasteiger partial charge in [0.05, 0.1) is 18.8 Å². The second-order valence-electron chi connectivity index (χ2n) is 5.45. The van der Waals surface area contributed by atoms with Crippen molar-refractivity contribution in [2.45, 2.75) is 12.6 Å². The summed E-state index contributed by atoms with van der Waals surface area (Å²) in [4.78, 5) is 12.5. The first kappa shape index (κ1) is 15.5. The predicted molar refractivity (Wildman–Crippen MR) is 89.8 cm³/mol. The second-order valence-corrected chi connectivity index (χ2v) is 5.45.